The summed E-state index contributed by atoms with van der Waals surface area (Å²) in [6.45, 7) is 4.02. The summed E-state index contributed by atoms with van der Waals surface area (Å²) in [5.41, 5.74) is 1.28. The van der Waals surface area contributed by atoms with Gasteiger partial charge < -0.3 is 10.1 Å². The van der Waals surface area contributed by atoms with E-state index in [0.717, 1.165) is 31.0 Å². The standard InChI is InChI=1S/C14H20ClNO/c1-2-16-13(14-7-4-8-17-14)10-11-5-3-6-12(15)9-11/h3,5-6,9,13-14,16H,2,4,7-8,10H2,1H3/t13-,14+/m0/s1. The van der Waals surface area contributed by atoms with Gasteiger partial charge in [0.15, 0.2) is 0 Å². The molecule has 1 aliphatic rings. The minimum absolute atomic E-state index is 0.355. The highest BCUT2D eigenvalue weighted by Crippen LogP contribution is 2.20. The van der Waals surface area contributed by atoms with Crippen LogP contribution in [-0.4, -0.2) is 25.3 Å². The van der Waals surface area contributed by atoms with Gasteiger partial charge in [0.2, 0.25) is 0 Å². The lowest BCUT2D eigenvalue weighted by Crippen LogP contribution is -2.41. The topological polar surface area (TPSA) is 21.3 Å². The molecule has 0 spiro atoms. The van der Waals surface area contributed by atoms with Gasteiger partial charge in [-0.15, -0.1) is 0 Å². The molecule has 1 N–H and O–H groups in total. The summed E-state index contributed by atoms with van der Waals surface area (Å²) in [5, 5.41) is 4.33. The van der Waals surface area contributed by atoms with Gasteiger partial charge in [0.05, 0.1) is 6.10 Å². The van der Waals surface area contributed by atoms with E-state index in [1.807, 2.05) is 18.2 Å². The number of benzene rings is 1. The van der Waals surface area contributed by atoms with Crippen LogP contribution in [0.25, 0.3) is 0 Å². The number of nitrogens with one attached hydrogen (secondary N) is 1. The molecule has 1 saturated heterocycles. The third-order valence-electron chi connectivity index (χ3n) is 3.22. The normalized spacial score (nSPS) is 21.6. The zero-order valence-electron chi connectivity index (χ0n) is 10.3. The van der Waals surface area contributed by atoms with Gasteiger partial charge in [0.1, 0.15) is 0 Å². The van der Waals surface area contributed by atoms with Crippen LogP contribution in [0.5, 0.6) is 0 Å². The van der Waals surface area contributed by atoms with Crippen LogP contribution in [-0.2, 0) is 11.2 Å². The second-order valence-corrected chi connectivity index (χ2v) is 4.99. The van der Waals surface area contributed by atoms with E-state index < -0.39 is 0 Å². The molecule has 0 amide bonds. The van der Waals surface area contributed by atoms with Gasteiger partial charge in [0, 0.05) is 17.7 Å². The van der Waals surface area contributed by atoms with Crippen LogP contribution in [0.2, 0.25) is 5.02 Å². The summed E-state index contributed by atoms with van der Waals surface area (Å²) < 4.78 is 5.77. The van der Waals surface area contributed by atoms with Crippen molar-refractivity contribution < 1.29 is 4.74 Å². The minimum Gasteiger partial charge on any atom is -0.377 e. The van der Waals surface area contributed by atoms with E-state index in [9.17, 15) is 0 Å². The molecule has 94 valence electrons. The van der Waals surface area contributed by atoms with Crippen LogP contribution in [0.15, 0.2) is 24.3 Å². The van der Waals surface area contributed by atoms with Crippen molar-refractivity contribution in [1.82, 2.24) is 5.32 Å². The van der Waals surface area contributed by atoms with E-state index in [0.29, 0.717) is 12.1 Å². The minimum atomic E-state index is 0.355. The van der Waals surface area contributed by atoms with E-state index in [2.05, 4.69) is 18.3 Å². The lowest BCUT2D eigenvalue weighted by molar-refractivity contribution is 0.0789. The molecule has 0 aromatic heterocycles. The first-order valence-corrected chi connectivity index (χ1v) is 6.77. The largest absolute Gasteiger partial charge is 0.377 e. The molecule has 0 unspecified atom stereocenters. The third-order valence-corrected chi connectivity index (χ3v) is 3.46. The fourth-order valence-electron chi connectivity index (χ4n) is 2.44. The lowest BCUT2D eigenvalue weighted by Gasteiger charge is -2.24. The third kappa shape index (κ3) is 3.70. The van der Waals surface area contributed by atoms with Gasteiger partial charge in [0.25, 0.3) is 0 Å². The SMILES string of the molecule is CCN[C@@H](Cc1cccc(Cl)c1)[C@H]1CCCO1. The van der Waals surface area contributed by atoms with E-state index in [1.165, 1.54) is 12.0 Å². The maximum Gasteiger partial charge on any atom is 0.0732 e. The highest BCUT2D eigenvalue weighted by molar-refractivity contribution is 6.30. The summed E-state index contributed by atoms with van der Waals surface area (Å²) >= 11 is 6.01. The van der Waals surface area contributed by atoms with E-state index >= 15 is 0 Å². The van der Waals surface area contributed by atoms with Crippen molar-refractivity contribution in [2.75, 3.05) is 13.2 Å². The summed E-state index contributed by atoms with van der Waals surface area (Å²) in [6.07, 6.45) is 3.69. The molecule has 2 nitrogen and oxygen atoms in total. The van der Waals surface area contributed by atoms with Gasteiger partial charge >= 0.3 is 0 Å². The Balaban J connectivity index is 2.01. The van der Waals surface area contributed by atoms with Gasteiger partial charge in [-0.1, -0.05) is 30.7 Å². The van der Waals surface area contributed by atoms with Crippen LogP contribution < -0.4 is 5.32 Å². The average Bonchev–Trinajstić information content (AvgIpc) is 2.82. The molecular formula is C14H20ClNO. The van der Waals surface area contributed by atoms with Crippen molar-refractivity contribution in [3.63, 3.8) is 0 Å². The molecule has 0 bridgehead atoms. The Morgan fingerprint density at radius 1 is 1.53 bits per heavy atom. The first kappa shape index (κ1) is 12.9. The first-order chi connectivity index (χ1) is 8.29. The molecule has 17 heavy (non-hydrogen) atoms. The number of likely N-dealkylation sites (N-methyl/N-ethyl adjacent to an activating group) is 1. The number of rotatable bonds is 5. The van der Waals surface area contributed by atoms with E-state index in [1.54, 1.807) is 0 Å². The summed E-state index contributed by atoms with van der Waals surface area (Å²) in [5.74, 6) is 0. The molecule has 2 atom stereocenters. The second kappa shape index (κ2) is 6.39. The summed E-state index contributed by atoms with van der Waals surface area (Å²) in [7, 11) is 0. The Morgan fingerprint density at radius 3 is 3.06 bits per heavy atom. The maximum atomic E-state index is 6.01. The molecule has 1 aliphatic heterocycles. The number of ether oxygens (including phenoxy) is 1. The molecular weight excluding hydrogens is 234 g/mol. The fourth-order valence-corrected chi connectivity index (χ4v) is 2.65. The van der Waals surface area contributed by atoms with E-state index in [-0.39, 0.29) is 0 Å². The molecule has 1 heterocycles. The van der Waals surface area contributed by atoms with Crippen LogP contribution >= 0.6 is 11.6 Å². The Labute approximate surface area is 108 Å². The molecule has 0 aliphatic carbocycles. The van der Waals surface area contributed by atoms with Crippen LogP contribution in [0.3, 0.4) is 0 Å². The summed E-state index contributed by atoms with van der Waals surface area (Å²) in [4.78, 5) is 0. The number of hydrogen-bond acceptors (Lipinski definition) is 2. The number of halogens is 1. The first-order valence-electron chi connectivity index (χ1n) is 6.39. The van der Waals surface area contributed by atoms with Gasteiger partial charge in [-0.2, -0.15) is 0 Å². The molecule has 0 saturated carbocycles. The maximum absolute atomic E-state index is 6.01. The monoisotopic (exact) mass is 253 g/mol. The van der Waals surface area contributed by atoms with Crippen molar-refractivity contribution in [1.29, 1.82) is 0 Å². The highest BCUT2D eigenvalue weighted by atomic mass is 35.5. The van der Waals surface area contributed by atoms with Gasteiger partial charge in [-0.05, 0) is 43.5 Å². The van der Waals surface area contributed by atoms with Crippen molar-refractivity contribution in [3.05, 3.63) is 34.9 Å². The zero-order chi connectivity index (χ0) is 12.1. The predicted octanol–water partition coefficient (Wildman–Crippen LogP) is 3.04. The van der Waals surface area contributed by atoms with Crippen LogP contribution in [0.4, 0.5) is 0 Å². The van der Waals surface area contributed by atoms with Crippen LogP contribution in [0, 0.1) is 0 Å². The molecule has 3 heteroatoms. The van der Waals surface area contributed by atoms with Crippen molar-refractivity contribution in [3.8, 4) is 0 Å². The molecule has 1 aromatic carbocycles. The quantitative estimate of drug-likeness (QED) is 0.871. The lowest BCUT2D eigenvalue weighted by atomic mass is 9.99. The Bertz CT molecular complexity index is 350. The Hall–Kier alpha value is -0.570. The van der Waals surface area contributed by atoms with Gasteiger partial charge in [-0.25, -0.2) is 0 Å². The Morgan fingerprint density at radius 2 is 2.41 bits per heavy atom. The zero-order valence-corrected chi connectivity index (χ0v) is 11.0. The van der Waals surface area contributed by atoms with Crippen molar-refractivity contribution in [2.24, 2.45) is 0 Å². The fraction of sp³-hybridized carbons (Fsp3) is 0.571. The van der Waals surface area contributed by atoms with E-state index in [4.69, 9.17) is 16.3 Å². The molecule has 0 radical (unpaired) electrons. The highest BCUT2D eigenvalue weighted by Gasteiger charge is 2.25. The molecule has 1 aromatic rings. The average molecular weight is 254 g/mol. The van der Waals surface area contributed by atoms with Gasteiger partial charge in [-0.3, -0.25) is 0 Å². The number of hydrogen-bond donors (Lipinski definition) is 1. The summed E-state index contributed by atoms with van der Waals surface area (Å²) in [6, 6.07) is 8.50. The second-order valence-electron chi connectivity index (χ2n) is 4.55. The molecule has 1 fully saturated rings. The van der Waals surface area contributed by atoms with Crippen molar-refractivity contribution in [2.45, 2.75) is 38.3 Å². The predicted molar refractivity (Wildman–Crippen MR) is 71.6 cm³/mol. The Kier molecular flexibility index (Phi) is 4.84. The smallest absolute Gasteiger partial charge is 0.0732 e. The van der Waals surface area contributed by atoms with Crippen LogP contribution in [0.1, 0.15) is 25.3 Å². The van der Waals surface area contributed by atoms with Crippen molar-refractivity contribution >= 4 is 11.6 Å². The molecule has 2 rings (SSSR count).